The van der Waals surface area contributed by atoms with Gasteiger partial charge in [0.05, 0.1) is 17.6 Å². The Morgan fingerprint density at radius 3 is 2.67 bits per heavy atom. The second-order valence-electron chi connectivity index (χ2n) is 6.86. The number of sulfonamides is 1. The molecule has 2 aromatic carbocycles. The van der Waals surface area contributed by atoms with Gasteiger partial charge in [-0.2, -0.15) is 4.31 Å². The van der Waals surface area contributed by atoms with Gasteiger partial charge >= 0.3 is 0 Å². The molecule has 5 nitrogen and oxygen atoms in total. The van der Waals surface area contributed by atoms with Gasteiger partial charge in [0.15, 0.2) is 0 Å². The molecular weight excluding hydrogens is 384 g/mol. The van der Waals surface area contributed by atoms with Gasteiger partial charge in [0.2, 0.25) is 10.0 Å². The fourth-order valence-electron chi connectivity index (χ4n) is 3.30. The molecule has 27 heavy (non-hydrogen) atoms. The van der Waals surface area contributed by atoms with Crippen molar-refractivity contribution in [1.82, 2.24) is 9.21 Å². The number of morpholine rings is 1. The number of ether oxygens (including phenoxy) is 1. The van der Waals surface area contributed by atoms with Crippen LogP contribution in [0.2, 0.25) is 5.02 Å². The van der Waals surface area contributed by atoms with E-state index < -0.39 is 10.0 Å². The third-order valence-corrected chi connectivity index (χ3v) is 7.22. The van der Waals surface area contributed by atoms with E-state index in [4.69, 9.17) is 16.3 Å². The Hall–Kier alpha value is -1.44. The van der Waals surface area contributed by atoms with E-state index in [1.807, 2.05) is 18.2 Å². The van der Waals surface area contributed by atoms with Crippen molar-refractivity contribution in [3.8, 4) is 0 Å². The fourth-order valence-corrected chi connectivity index (χ4v) is 4.97. The summed E-state index contributed by atoms with van der Waals surface area (Å²) < 4.78 is 33.1. The normalized spacial score (nSPS) is 18.7. The molecule has 1 unspecified atom stereocenters. The van der Waals surface area contributed by atoms with Crippen LogP contribution in [0.15, 0.2) is 53.4 Å². The Balaban J connectivity index is 1.66. The second kappa shape index (κ2) is 8.71. The molecule has 0 N–H and O–H groups in total. The average Bonchev–Trinajstić information content (AvgIpc) is 2.65. The molecule has 1 fully saturated rings. The van der Waals surface area contributed by atoms with Crippen LogP contribution in [0.3, 0.4) is 0 Å². The highest BCUT2D eigenvalue weighted by Crippen LogP contribution is 2.25. The smallest absolute Gasteiger partial charge is 0.243 e. The minimum Gasteiger partial charge on any atom is -0.374 e. The number of halogens is 1. The molecule has 7 heteroatoms. The monoisotopic (exact) mass is 408 g/mol. The maximum Gasteiger partial charge on any atom is 0.243 e. The Kier molecular flexibility index (Phi) is 6.55. The van der Waals surface area contributed by atoms with Crippen molar-refractivity contribution in [2.75, 3.05) is 33.3 Å². The summed E-state index contributed by atoms with van der Waals surface area (Å²) in [7, 11) is -2.03. The minimum absolute atomic E-state index is 0.165. The molecule has 0 saturated carbocycles. The van der Waals surface area contributed by atoms with Crippen molar-refractivity contribution >= 4 is 21.6 Å². The summed E-state index contributed by atoms with van der Waals surface area (Å²) in [4.78, 5) is 2.55. The first kappa shape index (κ1) is 20.3. The highest BCUT2D eigenvalue weighted by Gasteiger charge is 2.28. The van der Waals surface area contributed by atoms with E-state index in [1.165, 1.54) is 9.87 Å². The first-order valence-corrected chi connectivity index (χ1v) is 10.8. The SMILES string of the molecule is Cc1c(Cl)cccc1S(=O)(=O)N(C)CC1CN(Cc2ccccc2)CCO1. The van der Waals surface area contributed by atoms with Crippen molar-refractivity contribution in [2.24, 2.45) is 0 Å². The lowest BCUT2D eigenvalue weighted by Gasteiger charge is -2.34. The van der Waals surface area contributed by atoms with Crippen LogP contribution in [-0.4, -0.2) is 57.0 Å². The zero-order valence-electron chi connectivity index (χ0n) is 15.6. The maximum atomic E-state index is 12.9. The molecule has 0 spiro atoms. The van der Waals surface area contributed by atoms with E-state index in [0.717, 1.165) is 13.1 Å². The van der Waals surface area contributed by atoms with Crippen molar-refractivity contribution in [3.05, 3.63) is 64.7 Å². The van der Waals surface area contributed by atoms with Gasteiger partial charge in [-0.15, -0.1) is 0 Å². The number of likely N-dealkylation sites (N-methyl/N-ethyl adjacent to an activating group) is 1. The number of hydrogen-bond acceptors (Lipinski definition) is 4. The summed E-state index contributed by atoms with van der Waals surface area (Å²) >= 11 is 6.10. The lowest BCUT2D eigenvalue weighted by Crippen LogP contribution is -2.47. The van der Waals surface area contributed by atoms with Crippen LogP contribution in [0.4, 0.5) is 0 Å². The first-order valence-electron chi connectivity index (χ1n) is 8.97. The van der Waals surface area contributed by atoms with Crippen LogP contribution in [-0.2, 0) is 21.3 Å². The van der Waals surface area contributed by atoms with E-state index in [-0.39, 0.29) is 11.0 Å². The van der Waals surface area contributed by atoms with Gasteiger partial charge in [-0.1, -0.05) is 48.0 Å². The molecule has 0 bridgehead atoms. The summed E-state index contributed by atoms with van der Waals surface area (Å²) in [6.07, 6.45) is -0.165. The summed E-state index contributed by atoms with van der Waals surface area (Å²) in [6.45, 7) is 5.01. The molecular formula is C20H25ClN2O3S. The quantitative estimate of drug-likeness (QED) is 0.736. The van der Waals surface area contributed by atoms with Gasteiger partial charge < -0.3 is 4.74 Å². The van der Waals surface area contributed by atoms with Crippen LogP contribution in [0.1, 0.15) is 11.1 Å². The lowest BCUT2D eigenvalue weighted by molar-refractivity contribution is -0.0361. The molecule has 0 aromatic heterocycles. The van der Waals surface area contributed by atoms with Crippen LogP contribution < -0.4 is 0 Å². The molecule has 0 radical (unpaired) electrons. The maximum absolute atomic E-state index is 12.9. The zero-order valence-corrected chi connectivity index (χ0v) is 17.2. The predicted molar refractivity (Wildman–Crippen MR) is 107 cm³/mol. The number of rotatable bonds is 6. The van der Waals surface area contributed by atoms with Crippen molar-refractivity contribution in [3.63, 3.8) is 0 Å². The molecule has 146 valence electrons. The third kappa shape index (κ3) is 4.89. The standard InChI is InChI=1S/C20H25ClN2O3S/c1-16-19(21)9-6-10-20(16)27(24,25)22(2)14-18-15-23(11-12-26-18)13-17-7-4-3-5-8-17/h3-10,18H,11-15H2,1-2H3. The summed E-state index contributed by atoms with van der Waals surface area (Å²) in [5.41, 5.74) is 1.81. The molecule has 3 rings (SSSR count). The van der Waals surface area contributed by atoms with Gasteiger partial charge in [-0.25, -0.2) is 8.42 Å². The van der Waals surface area contributed by atoms with Gasteiger partial charge in [0, 0.05) is 38.2 Å². The van der Waals surface area contributed by atoms with E-state index in [9.17, 15) is 8.42 Å². The summed E-state index contributed by atoms with van der Waals surface area (Å²) in [5, 5.41) is 0.451. The van der Waals surface area contributed by atoms with Crippen LogP contribution in [0, 0.1) is 6.92 Å². The van der Waals surface area contributed by atoms with Crippen molar-refractivity contribution in [2.45, 2.75) is 24.5 Å². The minimum atomic E-state index is -3.62. The molecule has 2 aromatic rings. The van der Waals surface area contributed by atoms with E-state index >= 15 is 0 Å². The Morgan fingerprint density at radius 1 is 1.19 bits per heavy atom. The Bertz CT molecular complexity index is 874. The van der Waals surface area contributed by atoms with Gasteiger partial charge in [-0.05, 0) is 30.2 Å². The Morgan fingerprint density at radius 2 is 1.93 bits per heavy atom. The van der Waals surface area contributed by atoms with Gasteiger partial charge in [-0.3, -0.25) is 4.90 Å². The Labute approximate surface area is 166 Å². The molecule has 1 aliphatic rings. The number of hydrogen-bond donors (Lipinski definition) is 0. The highest BCUT2D eigenvalue weighted by molar-refractivity contribution is 7.89. The fraction of sp³-hybridized carbons (Fsp3) is 0.400. The molecule has 1 aliphatic heterocycles. The average molecular weight is 409 g/mol. The largest absolute Gasteiger partial charge is 0.374 e. The lowest BCUT2D eigenvalue weighted by atomic mass is 10.2. The summed E-state index contributed by atoms with van der Waals surface area (Å²) in [5.74, 6) is 0. The zero-order chi connectivity index (χ0) is 19.4. The molecule has 0 aliphatic carbocycles. The predicted octanol–water partition coefficient (Wildman–Crippen LogP) is 3.17. The topological polar surface area (TPSA) is 49.9 Å². The van der Waals surface area contributed by atoms with Gasteiger partial charge in [0.1, 0.15) is 0 Å². The third-order valence-electron chi connectivity index (χ3n) is 4.84. The molecule has 0 amide bonds. The molecule has 1 heterocycles. The summed E-state index contributed by atoms with van der Waals surface area (Å²) in [6, 6.07) is 15.2. The van der Waals surface area contributed by atoms with Crippen LogP contribution in [0.5, 0.6) is 0 Å². The molecule has 1 saturated heterocycles. The van der Waals surface area contributed by atoms with E-state index in [1.54, 1.807) is 32.2 Å². The number of nitrogens with zero attached hydrogens (tertiary/aromatic N) is 2. The second-order valence-corrected chi connectivity index (χ2v) is 9.28. The first-order chi connectivity index (χ1) is 12.9. The van der Waals surface area contributed by atoms with E-state index in [0.29, 0.717) is 30.3 Å². The van der Waals surface area contributed by atoms with Crippen molar-refractivity contribution < 1.29 is 13.2 Å². The van der Waals surface area contributed by atoms with Crippen molar-refractivity contribution in [1.29, 1.82) is 0 Å². The highest BCUT2D eigenvalue weighted by atomic mass is 35.5. The van der Waals surface area contributed by atoms with Crippen LogP contribution in [0.25, 0.3) is 0 Å². The molecule has 1 atom stereocenters. The van der Waals surface area contributed by atoms with Gasteiger partial charge in [0.25, 0.3) is 0 Å². The van der Waals surface area contributed by atoms with Crippen LogP contribution >= 0.6 is 11.6 Å². The number of benzene rings is 2. The van der Waals surface area contributed by atoms with E-state index in [2.05, 4.69) is 17.0 Å².